The molecule has 1 saturated carbocycles. The zero-order valence-corrected chi connectivity index (χ0v) is 7.28. The zero-order chi connectivity index (χ0) is 9.26. The lowest BCUT2D eigenvalue weighted by atomic mass is 10.1. The van der Waals surface area contributed by atoms with Crippen molar-refractivity contribution in [2.24, 2.45) is 5.92 Å². The molecule has 0 aromatic carbocycles. The molecule has 1 heterocycles. The first-order chi connectivity index (χ1) is 6.27. The highest BCUT2D eigenvalue weighted by molar-refractivity contribution is 5.10. The number of rotatable bonds is 3. The van der Waals surface area contributed by atoms with Crippen LogP contribution < -0.4 is 0 Å². The first kappa shape index (κ1) is 8.63. The molecule has 0 saturated heterocycles. The van der Waals surface area contributed by atoms with Crippen LogP contribution in [0.25, 0.3) is 0 Å². The van der Waals surface area contributed by atoms with Crippen molar-refractivity contribution in [3.05, 3.63) is 29.8 Å². The van der Waals surface area contributed by atoms with Gasteiger partial charge in [0.2, 0.25) is 0 Å². The number of hydrogen-bond acceptors (Lipinski definition) is 2. The Kier molecular flexibility index (Phi) is 2.27. The normalized spacial score (nSPS) is 18.6. The van der Waals surface area contributed by atoms with E-state index in [2.05, 4.69) is 4.98 Å². The van der Waals surface area contributed by atoms with Crippen LogP contribution in [0.15, 0.2) is 18.3 Å². The second kappa shape index (κ2) is 3.42. The van der Waals surface area contributed by atoms with Crippen molar-refractivity contribution in [2.75, 3.05) is 0 Å². The van der Waals surface area contributed by atoms with E-state index in [1.165, 1.54) is 18.3 Å². The lowest BCUT2D eigenvalue weighted by Crippen LogP contribution is -2.04. The van der Waals surface area contributed by atoms with E-state index in [1.54, 1.807) is 0 Å². The van der Waals surface area contributed by atoms with Gasteiger partial charge < -0.3 is 5.11 Å². The van der Waals surface area contributed by atoms with Gasteiger partial charge in [0.05, 0.1) is 6.10 Å². The molecule has 13 heavy (non-hydrogen) atoms. The number of aromatic nitrogens is 1. The van der Waals surface area contributed by atoms with Crippen LogP contribution in [0.5, 0.6) is 0 Å². The van der Waals surface area contributed by atoms with Gasteiger partial charge >= 0.3 is 0 Å². The van der Waals surface area contributed by atoms with Crippen LogP contribution in [0, 0.1) is 11.7 Å². The van der Waals surface area contributed by atoms with E-state index in [1.807, 2.05) is 0 Å². The summed E-state index contributed by atoms with van der Waals surface area (Å²) >= 11 is 0. The first-order valence-electron chi connectivity index (χ1n) is 4.56. The van der Waals surface area contributed by atoms with E-state index in [9.17, 15) is 9.50 Å². The molecule has 1 aliphatic rings. The maximum atomic E-state index is 13.1. The Bertz CT molecular complexity index is 299. The van der Waals surface area contributed by atoms with Crippen molar-refractivity contribution in [3.8, 4) is 0 Å². The zero-order valence-electron chi connectivity index (χ0n) is 7.28. The Labute approximate surface area is 76.4 Å². The minimum absolute atomic E-state index is 0.189. The third-order valence-corrected chi connectivity index (χ3v) is 2.36. The molecular weight excluding hydrogens is 169 g/mol. The van der Waals surface area contributed by atoms with Gasteiger partial charge in [-0.2, -0.15) is 0 Å². The number of aliphatic hydroxyl groups is 1. The molecule has 1 fully saturated rings. The molecule has 0 amide bonds. The molecule has 2 nitrogen and oxygen atoms in total. The van der Waals surface area contributed by atoms with Gasteiger partial charge in [0, 0.05) is 6.20 Å². The standard InChI is InChI=1S/C10H12FNO/c11-8-2-1-5-12-10(8)9(13)6-7-3-4-7/h1-2,5,7,9,13H,3-4,6H2. The topological polar surface area (TPSA) is 33.1 Å². The largest absolute Gasteiger partial charge is 0.387 e. The van der Waals surface area contributed by atoms with Crippen molar-refractivity contribution in [1.82, 2.24) is 4.98 Å². The summed E-state index contributed by atoms with van der Waals surface area (Å²) in [5, 5.41) is 9.61. The summed E-state index contributed by atoms with van der Waals surface area (Å²) in [6.07, 6.45) is 3.74. The minimum atomic E-state index is -0.728. The molecule has 2 rings (SSSR count). The van der Waals surface area contributed by atoms with Crippen molar-refractivity contribution >= 4 is 0 Å². The molecule has 70 valence electrons. The summed E-state index contributed by atoms with van der Waals surface area (Å²) in [5.41, 5.74) is 0.189. The van der Waals surface area contributed by atoms with Crippen molar-refractivity contribution in [2.45, 2.75) is 25.4 Å². The van der Waals surface area contributed by atoms with E-state index in [0.717, 1.165) is 12.8 Å². The van der Waals surface area contributed by atoms with Crippen LogP contribution in [0.2, 0.25) is 0 Å². The number of aliphatic hydroxyl groups excluding tert-OH is 1. The van der Waals surface area contributed by atoms with E-state index in [4.69, 9.17) is 0 Å². The quantitative estimate of drug-likeness (QED) is 0.774. The number of hydrogen-bond donors (Lipinski definition) is 1. The average Bonchev–Trinajstić information content (AvgIpc) is 2.89. The van der Waals surface area contributed by atoms with Gasteiger partial charge in [-0.15, -0.1) is 0 Å². The number of nitrogens with zero attached hydrogens (tertiary/aromatic N) is 1. The molecular formula is C10H12FNO. The number of halogens is 1. The van der Waals surface area contributed by atoms with Crippen LogP contribution in [0.3, 0.4) is 0 Å². The van der Waals surface area contributed by atoms with Gasteiger partial charge in [0.15, 0.2) is 0 Å². The molecule has 0 radical (unpaired) electrons. The summed E-state index contributed by atoms with van der Waals surface area (Å²) in [6, 6.07) is 2.86. The van der Waals surface area contributed by atoms with Gasteiger partial charge in [0.25, 0.3) is 0 Å². The van der Waals surface area contributed by atoms with Crippen LogP contribution in [-0.2, 0) is 0 Å². The van der Waals surface area contributed by atoms with Crippen LogP contribution in [0.1, 0.15) is 31.1 Å². The smallest absolute Gasteiger partial charge is 0.147 e. The lowest BCUT2D eigenvalue weighted by Gasteiger charge is -2.09. The summed E-state index contributed by atoms with van der Waals surface area (Å²) < 4.78 is 13.1. The third-order valence-electron chi connectivity index (χ3n) is 2.36. The van der Waals surface area contributed by atoms with Gasteiger partial charge in [-0.25, -0.2) is 4.39 Å². The maximum absolute atomic E-state index is 13.1. The molecule has 0 spiro atoms. The predicted molar refractivity (Wildman–Crippen MR) is 46.5 cm³/mol. The average molecular weight is 181 g/mol. The molecule has 1 N–H and O–H groups in total. The van der Waals surface area contributed by atoms with E-state index < -0.39 is 11.9 Å². The van der Waals surface area contributed by atoms with Gasteiger partial charge in [-0.1, -0.05) is 12.8 Å². The van der Waals surface area contributed by atoms with Crippen LogP contribution in [-0.4, -0.2) is 10.1 Å². The molecule has 3 heteroatoms. The van der Waals surface area contributed by atoms with Crippen molar-refractivity contribution in [1.29, 1.82) is 0 Å². The fourth-order valence-electron chi connectivity index (χ4n) is 1.42. The SMILES string of the molecule is OC(CC1CC1)c1ncccc1F. The molecule has 1 unspecified atom stereocenters. The fourth-order valence-corrected chi connectivity index (χ4v) is 1.42. The Morgan fingerprint density at radius 1 is 1.62 bits per heavy atom. The van der Waals surface area contributed by atoms with E-state index in [0.29, 0.717) is 12.3 Å². The summed E-state index contributed by atoms with van der Waals surface area (Å²) in [6.45, 7) is 0. The fraction of sp³-hybridized carbons (Fsp3) is 0.500. The monoisotopic (exact) mass is 181 g/mol. The molecule has 0 aliphatic heterocycles. The Balaban J connectivity index is 2.09. The highest BCUT2D eigenvalue weighted by atomic mass is 19.1. The summed E-state index contributed by atoms with van der Waals surface area (Å²) in [7, 11) is 0. The van der Waals surface area contributed by atoms with Crippen LogP contribution in [0.4, 0.5) is 4.39 Å². The van der Waals surface area contributed by atoms with Gasteiger partial charge in [-0.3, -0.25) is 4.98 Å². The second-order valence-corrected chi connectivity index (χ2v) is 3.57. The second-order valence-electron chi connectivity index (χ2n) is 3.57. The highest BCUT2D eigenvalue weighted by Crippen LogP contribution is 2.37. The third kappa shape index (κ3) is 2.04. The lowest BCUT2D eigenvalue weighted by molar-refractivity contribution is 0.151. The van der Waals surface area contributed by atoms with Gasteiger partial charge in [-0.05, 0) is 24.5 Å². The summed E-state index contributed by atoms with van der Waals surface area (Å²) in [5.74, 6) is 0.173. The first-order valence-corrected chi connectivity index (χ1v) is 4.56. The Morgan fingerprint density at radius 2 is 2.38 bits per heavy atom. The minimum Gasteiger partial charge on any atom is -0.387 e. The molecule has 0 bridgehead atoms. The molecule has 1 aromatic rings. The van der Waals surface area contributed by atoms with Crippen molar-refractivity contribution in [3.63, 3.8) is 0 Å². The maximum Gasteiger partial charge on any atom is 0.147 e. The van der Waals surface area contributed by atoms with E-state index >= 15 is 0 Å². The molecule has 1 aliphatic carbocycles. The number of pyridine rings is 1. The van der Waals surface area contributed by atoms with E-state index in [-0.39, 0.29) is 5.69 Å². The molecule has 1 aromatic heterocycles. The Morgan fingerprint density at radius 3 is 3.00 bits per heavy atom. The highest BCUT2D eigenvalue weighted by Gasteiger charge is 2.26. The Hall–Kier alpha value is -0.960. The molecule has 1 atom stereocenters. The predicted octanol–water partition coefficient (Wildman–Crippen LogP) is 2.05. The van der Waals surface area contributed by atoms with Crippen LogP contribution >= 0.6 is 0 Å². The van der Waals surface area contributed by atoms with Gasteiger partial charge in [0.1, 0.15) is 11.5 Å². The van der Waals surface area contributed by atoms with Crippen molar-refractivity contribution < 1.29 is 9.50 Å². The summed E-state index contributed by atoms with van der Waals surface area (Å²) in [4.78, 5) is 3.83.